The van der Waals surface area contributed by atoms with Crippen LogP contribution >= 0.6 is 27.3 Å². The van der Waals surface area contributed by atoms with Crippen LogP contribution in [0.1, 0.15) is 16.0 Å². The van der Waals surface area contributed by atoms with Crippen LogP contribution < -0.4 is 9.73 Å². The minimum absolute atomic E-state index is 0.113. The molecular weight excluding hydrogens is 486 g/mol. The monoisotopic (exact) mass is 505 g/mol. The summed E-state index contributed by atoms with van der Waals surface area (Å²) in [5, 5.41) is 5.89. The summed E-state index contributed by atoms with van der Waals surface area (Å²) in [4.78, 5) is 13.5. The maximum absolute atomic E-state index is 13.3. The average Bonchev–Trinajstić information content (AvgIpc) is 3.12. The molecule has 0 unspecified atom stereocenters. The normalized spacial score (nSPS) is 11.6. The van der Waals surface area contributed by atoms with E-state index in [1.807, 2.05) is 25.3 Å². The van der Waals surface area contributed by atoms with E-state index in [0.717, 1.165) is 24.8 Å². The molecule has 156 valence electrons. The largest absolute Gasteiger partial charge is 0.271 e. The lowest BCUT2D eigenvalue weighted by atomic mass is 10.2. The molecule has 0 spiro atoms. The number of hydrogen-bond acceptors (Lipinski definition) is 5. The van der Waals surface area contributed by atoms with E-state index in [1.165, 1.54) is 23.5 Å². The number of amides is 1. The average molecular weight is 506 g/mol. The van der Waals surface area contributed by atoms with E-state index >= 15 is 0 Å². The van der Waals surface area contributed by atoms with E-state index in [9.17, 15) is 13.2 Å². The van der Waals surface area contributed by atoms with E-state index in [-0.39, 0.29) is 4.90 Å². The predicted octanol–water partition coefficient (Wildman–Crippen LogP) is 4.47. The number of thiophene rings is 1. The van der Waals surface area contributed by atoms with Gasteiger partial charge in [0.15, 0.2) is 0 Å². The molecule has 0 bridgehead atoms. The van der Waals surface area contributed by atoms with Gasteiger partial charge in [0, 0.05) is 9.35 Å². The molecule has 2 aromatic carbocycles. The van der Waals surface area contributed by atoms with Crippen molar-refractivity contribution in [3.8, 4) is 0 Å². The summed E-state index contributed by atoms with van der Waals surface area (Å²) in [6.45, 7) is 3.42. The highest BCUT2D eigenvalue weighted by atomic mass is 79.9. The van der Waals surface area contributed by atoms with Gasteiger partial charge in [0.05, 0.1) is 16.8 Å². The third-order valence-electron chi connectivity index (χ3n) is 4.28. The number of carbonyl (C=O) groups is 1. The van der Waals surface area contributed by atoms with Crippen LogP contribution in [0.25, 0.3) is 0 Å². The van der Waals surface area contributed by atoms with Crippen LogP contribution in [0, 0.1) is 13.8 Å². The first-order valence-corrected chi connectivity index (χ1v) is 12.1. The second kappa shape index (κ2) is 9.55. The van der Waals surface area contributed by atoms with Crippen molar-refractivity contribution in [1.82, 2.24) is 5.43 Å². The summed E-state index contributed by atoms with van der Waals surface area (Å²) < 4.78 is 28.4. The summed E-state index contributed by atoms with van der Waals surface area (Å²) in [6, 6.07) is 15.2. The van der Waals surface area contributed by atoms with Gasteiger partial charge >= 0.3 is 0 Å². The van der Waals surface area contributed by atoms with Crippen molar-refractivity contribution in [2.24, 2.45) is 5.10 Å². The number of halogens is 1. The molecule has 0 saturated carbocycles. The predicted molar refractivity (Wildman–Crippen MR) is 125 cm³/mol. The maximum atomic E-state index is 13.3. The highest BCUT2D eigenvalue weighted by Gasteiger charge is 2.27. The maximum Gasteiger partial charge on any atom is 0.264 e. The molecule has 0 saturated heterocycles. The molecule has 1 aromatic heterocycles. The van der Waals surface area contributed by atoms with E-state index < -0.39 is 22.5 Å². The lowest BCUT2D eigenvalue weighted by Crippen LogP contribution is -2.39. The molecule has 0 aliphatic carbocycles. The first-order chi connectivity index (χ1) is 14.3. The molecule has 30 heavy (non-hydrogen) atoms. The number of aryl methyl sites for hydroxylation is 2. The van der Waals surface area contributed by atoms with Gasteiger partial charge in [-0.15, -0.1) is 11.3 Å². The zero-order valence-electron chi connectivity index (χ0n) is 16.4. The minimum Gasteiger partial charge on any atom is -0.271 e. The Labute approximate surface area is 188 Å². The number of benzene rings is 2. The molecule has 1 amide bonds. The van der Waals surface area contributed by atoms with Gasteiger partial charge in [0.1, 0.15) is 6.54 Å². The highest BCUT2D eigenvalue weighted by Crippen LogP contribution is 2.25. The van der Waals surface area contributed by atoms with Crippen molar-refractivity contribution in [2.45, 2.75) is 18.7 Å². The van der Waals surface area contributed by atoms with Crippen molar-refractivity contribution in [3.63, 3.8) is 0 Å². The van der Waals surface area contributed by atoms with E-state index in [1.54, 1.807) is 42.6 Å². The summed E-state index contributed by atoms with van der Waals surface area (Å²) in [7, 11) is -3.95. The van der Waals surface area contributed by atoms with Crippen LogP contribution in [0.4, 0.5) is 5.69 Å². The molecule has 6 nitrogen and oxygen atoms in total. The molecule has 3 rings (SSSR count). The molecular formula is C21H20BrN3O3S2. The van der Waals surface area contributed by atoms with Crippen LogP contribution in [-0.4, -0.2) is 27.1 Å². The molecule has 0 radical (unpaired) electrons. The number of sulfonamides is 1. The summed E-state index contributed by atoms with van der Waals surface area (Å²) >= 11 is 4.85. The third-order valence-corrected chi connectivity index (χ3v) is 7.55. The second-order valence-corrected chi connectivity index (χ2v) is 10.3. The zero-order valence-corrected chi connectivity index (χ0v) is 19.6. The molecule has 0 atom stereocenters. The Morgan fingerprint density at radius 1 is 1.10 bits per heavy atom. The number of carbonyl (C=O) groups excluding carboxylic acids is 1. The van der Waals surface area contributed by atoms with Gasteiger partial charge in [-0.05, 0) is 67.3 Å². The minimum atomic E-state index is -3.95. The third kappa shape index (κ3) is 5.35. The van der Waals surface area contributed by atoms with Crippen molar-refractivity contribution in [2.75, 3.05) is 10.8 Å². The molecule has 0 aliphatic rings. The Bertz CT molecular complexity index is 1150. The summed E-state index contributed by atoms with van der Waals surface area (Å²) in [6.07, 6.45) is 1.55. The summed E-state index contributed by atoms with van der Waals surface area (Å²) in [5.74, 6) is -0.543. The fourth-order valence-electron chi connectivity index (χ4n) is 2.61. The lowest BCUT2D eigenvalue weighted by molar-refractivity contribution is -0.119. The Balaban J connectivity index is 1.85. The molecule has 0 fully saturated rings. The molecule has 1 N–H and O–H groups in total. The van der Waals surface area contributed by atoms with Gasteiger partial charge in [-0.3, -0.25) is 9.10 Å². The van der Waals surface area contributed by atoms with Gasteiger partial charge in [-0.2, -0.15) is 5.10 Å². The number of nitrogens with zero attached hydrogens (tertiary/aromatic N) is 2. The van der Waals surface area contributed by atoms with Gasteiger partial charge in [-0.1, -0.05) is 33.6 Å². The quantitative estimate of drug-likeness (QED) is 0.379. The van der Waals surface area contributed by atoms with Crippen molar-refractivity contribution in [1.29, 1.82) is 0 Å². The smallest absolute Gasteiger partial charge is 0.264 e. The number of hydrogen-bond donors (Lipinski definition) is 1. The van der Waals surface area contributed by atoms with Crippen molar-refractivity contribution < 1.29 is 13.2 Å². The van der Waals surface area contributed by atoms with Gasteiger partial charge in [0.25, 0.3) is 15.9 Å². The Kier molecular flexibility index (Phi) is 7.06. The zero-order chi connectivity index (χ0) is 21.7. The standard InChI is InChI=1S/C21H20BrN3O3S2/c1-15-3-9-19(10-4-15)30(27,28)25(18-7-5-17(22)6-8-18)14-21(26)24-23-13-20-16(2)11-12-29-20/h3-13H,14H2,1-2H3,(H,24,26)/b23-13-. The van der Waals surface area contributed by atoms with E-state index in [0.29, 0.717) is 5.69 Å². The van der Waals surface area contributed by atoms with E-state index in [4.69, 9.17) is 0 Å². The highest BCUT2D eigenvalue weighted by molar-refractivity contribution is 9.10. The fourth-order valence-corrected chi connectivity index (χ4v) is 5.08. The molecule has 3 aromatic rings. The Morgan fingerprint density at radius 2 is 1.77 bits per heavy atom. The topological polar surface area (TPSA) is 78.8 Å². The lowest BCUT2D eigenvalue weighted by Gasteiger charge is -2.23. The molecule has 0 aliphatic heterocycles. The molecule has 9 heteroatoms. The Hall–Kier alpha value is -2.49. The van der Waals surface area contributed by atoms with Crippen LogP contribution in [0.3, 0.4) is 0 Å². The first kappa shape index (κ1) is 22.2. The SMILES string of the molecule is Cc1ccc(S(=O)(=O)N(CC(=O)N/N=C\c2sccc2C)c2ccc(Br)cc2)cc1. The van der Waals surface area contributed by atoms with Crippen LogP contribution in [0.2, 0.25) is 0 Å². The van der Waals surface area contributed by atoms with Gasteiger partial charge in [0.2, 0.25) is 0 Å². The first-order valence-electron chi connectivity index (χ1n) is 8.98. The molecule has 1 heterocycles. The van der Waals surface area contributed by atoms with Crippen LogP contribution in [0.5, 0.6) is 0 Å². The van der Waals surface area contributed by atoms with E-state index in [2.05, 4.69) is 26.5 Å². The van der Waals surface area contributed by atoms with Crippen molar-refractivity contribution in [3.05, 3.63) is 80.5 Å². The Morgan fingerprint density at radius 3 is 2.37 bits per heavy atom. The summed E-state index contributed by atoms with van der Waals surface area (Å²) in [5.41, 5.74) is 4.79. The second-order valence-electron chi connectivity index (χ2n) is 6.56. The fraction of sp³-hybridized carbons (Fsp3) is 0.143. The van der Waals surface area contributed by atoms with Crippen LogP contribution in [-0.2, 0) is 14.8 Å². The number of nitrogens with one attached hydrogen (secondary N) is 1. The van der Waals surface area contributed by atoms with Crippen LogP contribution in [0.15, 0.2) is 74.4 Å². The van der Waals surface area contributed by atoms with Gasteiger partial charge in [-0.25, -0.2) is 13.8 Å². The number of anilines is 1. The number of rotatable bonds is 7. The number of hydrazone groups is 1. The van der Waals surface area contributed by atoms with Crippen molar-refractivity contribution >= 4 is 55.1 Å². The van der Waals surface area contributed by atoms with Gasteiger partial charge < -0.3 is 0 Å².